The van der Waals surface area contributed by atoms with Crippen molar-refractivity contribution >= 4 is 44.9 Å². The summed E-state index contributed by atoms with van der Waals surface area (Å²) < 4.78 is 2.24. The Morgan fingerprint density at radius 2 is 2.00 bits per heavy atom. The summed E-state index contributed by atoms with van der Waals surface area (Å²) in [5.74, 6) is 0. The molecule has 21 heavy (non-hydrogen) atoms. The molecule has 3 aromatic rings. The molecule has 0 aliphatic rings. The smallest absolute Gasteiger partial charge is 0.151 e. The molecule has 2 nitrogen and oxygen atoms in total. The van der Waals surface area contributed by atoms with Crippen LogP contribution in [0.25, 0.3) is 10.2 Å². The molecule has 1 heterocycles. The van der Waals surface area contributed by atoms with Gasteiger partial charge in [-0.15, -0.1) is 11.3 Å². The minimum absolute atomic E-state index is 0.0143. The number of fused-ring (bicyclic) bond motifs is 1. The zero-order valence-electron chi connectivity index (χ0n) is 11.5. The Labute approximate surface area is 137 Å². The van der Waals surface area contributed by atoms with Gasteiger partial charge in [-0.3, -0.25) is 0 Å². The molecule has 108 valence electrons. The van der Waals surface area contributed by atoms with Crippen molar-refractivity contribution in [3.05, 3.63) is 59.1 Å². The maximum atomic E-state index is 6.17. The Balaban J connectivity index is 1.91. The predicted molar refractivity (Wildman–Crippen MR) is 93.3 cm³/mol. The molecule has 0 aliphatic heterocycles. The summed E-state index contributed by atoms with van der Waals surface area (Å²) in [6.45, 7) is 2.02. The lowest BCUT2D eigenvalue weighted by Gasteiger charge is -2.19. The molecule has 2 aromatic carbocycles. The normalized spacial score (nSPS) is 14.2. The Morgan fingerprint density at radius 3 is 2.71 bits per heavy atom. The van der Waals surface area contributed by atoms with Crippen LogP contribution in [0.3, 0.4) is 0 Å². The molecule has 0 fully saturated rings. The summed E-state index contributed by atoms with van der Waals surface area (Å²) in [5, 5.41) is 0.882. The molecular formula is C16H15ClN2S2. The van der Waals surface area contributed by atoms with E-state index in [1.165, 1.54) is 4.70 Å². The van der Waals surface area contributed by atoms with Crippen molar-refractivity contribution in [3.63, 3.8) is 0 Å². The first-order valence-corrected chi connectivity index (χ1v) is 8.74. The second-order valence-corrected chi connectivity index (χ2v) is 7.76. The van der Waals surface area contributed by atoms with Crippen molar-refractivity contribution in [3.8, 4) is 0 Å². The first-order valence-electron chi connectivity index (χ1n) is 6.67. The van der Waals surface area contributed by atoms with Gasteiger partial charge in [0.2, 0.25) is 0 Å². The molecule has 0 spiro atoms. The van der Waals surface area contributed by atoms with E-state index in [9.17, 15) is 0 Å². The van der Waals surface area contributed by atoms with E-state index in [0.717, 1.165) is 20.4 Å². The van der Waals surface area contributed by atoms with Crippen LogP contribution in [-0.2, 0) is 0 Å². The van der Waals surface area contributed by atoms with Crippen molar-refractivity contribution in [1.29, 1.82) is 0 Å². The van der Waals surface area contributed by atoms with Gasteiger partial charge in [0.1, 0.15) is 0 Å². The Bertz CT molecular complexity index is 722. The topological polar surface area (TPSA) is 38.9 Å². The summed E-state index contributed by atoms with van der Waals surface area (Å²) >= 11 is 9.51. The SMILES string of the molecule is CC(N)C(Sc1nc2ccccc2s1)c1cccc(Cl)c1. The maximum absolute atomic E-state index is 6.17. The van der Waals surface area contributed by atoms with Crippen LogP contribution in [0.4, 0.5) is 0 Å². The van der Waals surface area contributed by atoms with Crippen LogP contribution in [0.2, 0.25) is 5.02 Å². The molecule has 0 radical (unpaired) electrons. The number of para-hydroxylation sites is 1. The van der Waals surface area contributed by atoms with Crippen molar-refractivity contribution in [2.45, 2.75) is 22.6 Å². The summed E-state index contributed by atoms with van der Waals surface area (Å²) in [6.07, 6.45) is 0. The summed E-state index contributed by atoms with van der Waals surface area (Å²) in [5.41, 5.74) is 8.36. The van der Waals surface area contributed by atoms with Crippen molar-refractivity contribution in [1.82, 2.24) is 4.98 Å². The zero-order valence-corrected chi connectivity index (χ0v) is 13.9. The Hall–Kier alpha value is -1.07. The minimum atomic E-state index is 0.0143. The summed E-state index contributed by atoms with van der Waals surface area (Å²) in [7, 11) is 0. The Kier molecular flexibility index (Phi) is 4.50. The van der Waals surface area contributed by atoms with Gasteiger partial charge < -0.3 is 5.73 Å². The van der Waals surface area contributed by atoms with Crippen LogP contribution in [0.1, 0.15) is 17.7 Å². The quantitative estimate of drug-likeness (QED) is 0.672. The van der Waals surface area contributed by atoms with Gasteiger partial charge in [0, 0.05) is 11.1 Å². The number of halogens is 1. The van der Waals surface area contributed by atoms with E-state index < -0.39 is 0 Å². The number of nitrogens with two attached hydrogens (primary N) is 1. The fourth-order valence-corrected chi connectivity index (χ4v) is 4.71. The van der Waals surface area contributed by atoms with Gasteiger partial charge in [-0.1, -0.05) is 47.6 Å². The van der Waals surface area contributed by atoms with Crippen LogP contribution in [-0.4, -0.2) is 11.0 Å². The maximum Gasteiger partial charge on any atom is 0.151 e. The largest absolute Gasteiger partial charge is 0.327 e. The fourth-order valence-electron chi connectivity index (χ4n) is 2.17. The highest BCUT2D eigenvalue weighted by Crippen LogP contribution is 2.41. The number of hydrogen-bond donors (Lipinski definition) is 1. The fraction of sp³-hybridized carbons (Fsp3) is 0.188. The molecule has 2 atom stereocenters. The first-order chi connectivity index (χ1) is 10.1. The minimum Gasteiger partial charge on any atom is -0.327 e. The molecule has 2 unspecified atom stereocenters. The highest BCUT2D eigenvalue weighted by atomic mass is 35.5. The number of benzene rings is 2. The number of aromatic nitrogens is 1. The van der Waals surface area contributed by atoms with Gasteiger partial charge in [-0.05, 0) is 36.8 Å². The predicted octanol–water partition coefficient (Wildman–Crippen LogP) is 5.13. The number of thiazole rings is 1. The van der Waals surface area contributed by atoms with E-state index in [0.29, 0.717) is 0 Å². The average molecular weight is 335 g/mol. The van der Waals surface area contributed by atoms with Gasteiger partial charge >= 0.3 is 0 Å². The van der Waals surface area contributed by atoms with E-state index in [-0.39, 0.29) is 11.3 Å². The lowest BCUT2D eigenvalue weighted by Crippen LogP contribution is -2.22. The Morgan fingerprint density at radius 1 is 1.19 bits per heavy atom. The van der Waals surface area contributed by atoms with E-state index >= 15 is 0 Å². The summed E-state index contributed by atoms with van der Waals surface area (Å²) in [4.78, 5) is 4.68. The molecule has 0 aliphatic carbocycles. The molecule has 0 saturated carbocycles. The number of nitrogens with zero attached hydrogens (tertiary/aromatic N) is 1. The second-order valence-electron chi connectivity index (χ2n) is 4.90. The number of hydrogen-bond acceptors (Lipinski definition) is 4. The standard InChI is InChI=1S/C16H15ClN2S2/c1-10(18)15(11-5-4-6-12(17)9-11)21-16-19-13-7-2-3-8-14(13)20-16/h2-10,15H,18H2,1H3. The van der Waals surface area contributed by atoms with Gasteiger partial charge in [-0.25, -0.2) is 4.98 Å². The van der Waals surface area contributed by atoms with E-state index in [4.69, 9.17) is 17.3 Å². The molecule has 0 saturated heterocycles. The van der Waals surface area contributed by atoms with Gasteiger partial charge in [0.15, 0.2) is 4.34 Å². The van der Waals surface area contributed by atoms with E-state index in [2.05, 4.69) is 17.1 Å². The second kappa shape index (κ2) is 6.36. The average Bonchev–Trinajstić information content (AvgIpc) is 2.87. The molecule has 1 aromatic heterocycles. The lowest BCUT2D eigenvalue weighted by atomic mass is 10.1. The molecule has 3 rings (SSSR count). The van der Waals surface area contributed by atoms with E-state index in [1.54, 1.807) is 23.1 Å². The van der Waals surface area contributed by atoms with Crippen molar-refractivity contribution < 1.29 is 0 Å². The number of rotatable bonds is 4. The van der Waals surface area contributed by atoms with Crippen LogP contribution < -0.4 is 5.73 Å². The van der Waals surface area contributed by atoms with Crippen LogP contribution >= 0.6 is 34.7 Å². The third-order valence-corrected chi connectivity index (χ3v) is 6.01. The summed E-state index contributed by atoms with van der Waals surface area (Å²) in [6, 6.07) is 16.1. The van der Waals surface area contributed by atoms with Crippen molar-refractivity contribution in [2.75, 3.05) is 0 Å². The van der Waals surface area contributed by atoms with E-state index in [1.807, 2.05) is 43.3 Å². The third-order valence-electron chi connectivity index (χ3n) is 3.16. The number of thioether (sulfide) groups is 1. The first kappa shape index (κ1) is 14.9. The molecule has 2 N–H and O–H groups in total. The molecule has 0 amide bonds. The van der Waals surface area contributed by atoms with Gasteiger partial charge in [0.25, 0.3) is 0 Å². The van der Waals surface area contributed by atoms with Crippen LogP contribution in [0, 0.1) is 0 Å². The highest BCUT2D eigenvalue weighted by Gasteiger charge is 2.20. The van der Waals surface area contributed by atoms with Crippen LogP contribution in [0.15, 0.2) is 52.9 Å². The molecular weight excluding hydrogens is 320 g/mol. The third kappa shape index (κ3) is 3.40. The van der Waals surface area contributed by atoms with Crippen molar-refractivity contribution in [2.24, 2.45) is 5.73 Å². The molecule has 0 bridgehead atoms. The zero-order chi connectivity index (χ0) is 14.8. The lowest BCUT2D eigenvalue weighted by molar-refractivity contribution is 0.721. The monoisotopic (exact) mass is 334 g/mol. The van der Waals surface area contributed by atoms with Gasteiger partial charge in [0.05, 0.1) is 15.5 Å². The molecule has 5 heteroatoms. The highest BCUT2D eigenvalue weighted by molar-refractivity contribution is 8.01. The van der Waals surface area contributed by atoms with Crippen LogP contribution in [0.5, 0.6) is 0 Å². The van der Waals surface area contributed by atoms with Gasteiger partial charge in [-0.2, -0.15) is 0 Å².